The molecule has 0 saturated carbocycles. The van der Waals surface area contributed by atoms with Crippen molar-refractivity contribution in [1.82, 2.24) is 21.5 Å². The van der Waals surface area contributed by atoms with E-state index in [9.17, 15) is 9.59 Å². The summed E-state index contributed by atoms with van der Waals surface area (Å²) in [5.74, 6) is 0.139. The van der Waals surface area contributed by atoms with Gasteiger partial charge in [0.05, 0.1) is 11.8 Å². The van der Waals surface area contributed by atoms with Gasteiger partial charge in [-0.15, -0.1) is 11.8 Å². The molecule has 20 heavy (non-hydrogen) atoms. The Morgan fingerprint density at radius 1 is 1.30 bits per heavy atom. The van der Waals surface area contributed by atoms with Crippen LogP contribution < -0.4 is 21.5 Å². The lowest BCUT2D eigenvalue weighted by atomic mass is 10.2. The fourth-order valence-corrected chi connectivity index (χ4v) is 2.42. The molecule has 7 heteroatoms. The minimum absolute atomic E-state index is 0.0616. The molecule has 1 aromatic carbocycles. The van der Waals surface area contributed by atoms with E-state index in [-0.39, 0.29) is 29.1 Å². The third-order valence-electron chi connectivity index (χ3n) is 2.81. The van der Waals surface area contributed by atoms with Gasteiger partial charge in [0, 0.05) is 6.54 Å². The van der Waals surface area contributed by atoms with Gasteiger partial charge in [0.15, 0.2) is 0 Å². The molecule has 2 rings (SSSR count). The molecule has 2 unspecified atom stereocenters. The predicted octanol–water partition coefficient (Wildman–Crippen LogP) is -0.0679. The van der Waals surface area contributed by atoms with Crippen molar-refractivity contribution in [3.8, 4) is 0 Å². The average Bonchev–Trinajstić information content (AvgIpc) is 2.47. The topological polar surface area (TPSA) is 82.3 Å². The first-order chi connectivity index (χ1) is 9.65. The molecule has 0 spiro atoms. The van der Waals surface area contributed by atoms with E-state index in [0.717, 1.165) is 5.56 Å². The molecule has 4 N–H and O–H groups in total. The minimum atomic E-state index is -0.291. The molecule has 0 aliphatic carbocycles. The molecular weight excluding hydrogens is 276 g/mol. The predicted molar refractivity (Wildman–Crippen MR) is 78.4 cm³/mol. The van der Waals surface area contributed by atoms with Crippen molar-refractivity contribution in [2.24, 2.45) is 0 Å². The molecule has 1 heterocycles. The molecule has 1 fully saturated rings. The molecule has 108 valence electrons. The molecule has 0 radical (unpaired) electrons. The maximum atomic E-state index is 11.7. The Morgan fingerprint density at radius 2 is 2.05 bits per heavy atom. The van der Waals surface area contributed by atoms with Crippen molar-refractivity contribution in [2.45, 2.75) is 25.0 Å². The van der Waals surface area contributed by atoms with E-state index >= 15 is 0 Å². The summed E-state index contributed by atoms with van der Waals surface area (Å²) in [6, 6.07) is 9.46. The highest BCUT2D eigenvalue weighted by molar-refractivity contribution is 8.00. The van der Waals surface area contributed by atoms with Gasteiger partial charge in [0.2, 0.25) is 11.8 Å². The van der Waals surface area contributed by atoms with Gasteiger partial charge in [0.1, 0.15) is 5.50 Å². The van der Waals surface area contributed by atoms with E-state index in [1.807, 2.05) is 30.3 Å². The molecule has 2 amide bonds. The number of carbonyl (C=O) groups excluding carboxylic acids is 2. The van der Waals surface area contributed by atoms with Gasteiger partial charge in [0.25, 0.3) is 0 Å². The van der Waals surface area contributed by atoms with Gasteiger partial charge in [-0.3, -0.25) is 9.59 Å². The lowest BCUT2D eigenvalue weighted by molar-refractivity contribution is -0.125. The van der Waals surface area contributed by atoms with E-state index in [4.69, 9.17) is 0 Å². The number of carbonyl (C=O) groups is 2. The quantitative estimate of drug-likeness (QED) is 0.611. The van der Waals surface area contributed by atoms with E-state index in [1.165, 1.54) is 11.8 Å². The van der Waals surface area contributed by atoms with Gasteiger partial charge < -0.3 is 10.6 Å². The highest BCUT2D eigenvalue weighted by atomic mass is 32.2. The van der Waals surface area contributed by atoms with Crippen LogP contribution in [-0.4, -0.2) is 29.1 Å². The maximum Gasteiger partial charge on any atom is 0.240 e. The van der Waals surface area contributed by atoms with Crippen LogP contribution in [0.15, 0.2) is 30.3 Å². The van der Waals surface area contributed by atoms with E-state index in [0.29, 0.717) is 6.54 Å². The van der Waals surface area contributed by atoms with E-state index in [2.05, 4.69) is 21.5 Å². The van der Waals surface area contributed by atoms with Crippen molar-refractivity contribution in [3.63, 3.8) is 0 Å². The Hall–Kier alpha value is -1.57. The Bertz CT molecular complexity index is 469. The Kier molecular flexibility index (Phi) is 5.40. The lowest BCUT2D eigenvalue weighted by Gasteiger charge is -2.28. The summed E-state index contributed by atoms with van der Waals surface area (Å²) in [6.07, 6.45) is 0. The van der Waals surface area contributed by atoms with Crippen LogP contribution >= 0.6 is 11.8 Å². The summed E-state index contributed by atoms with van der Waals surface area (Å²) in [7, 11) is 0. The third kappa shape index (κ3) is 4.52. The van der Waals surface area contributed by atoms with Crippen molar-refractivity contribution >= 4 is 23.6 Å². The third-order valence-corrected chi connectivity index (χ3v) is 3.81. The van der Waals surface area contributed by atoms with E-state index < -0.39 is 0 Å². The summed E-state index contributed by atoms with van der Waals surface area (Å²) in [5.41, 5.74) is 6.55. The summed E-state index contributed by atoms with van der Waals surface area (Å²) in [5, 5.41) is 5.60. The van der Waals surface area contributed by atoms with Crippen LogP contribution in [0.2, 0.25) is 0 Å². The van der Waals surface area contributed by atoms with Crippen LogP contribution in [0.5, 0.6) is 0 Å². The zero-order valence-electron chi connectivity index (χ0n) is 11.2. The van der Waals surface area contributed by atoms with E-state index in [1.54, 1.807) is 6.92 Å². The normalized spacial score (nSPS) is 22.1. The monoisotopic (exact) mass is 294 g/mol. The summed E-state index contributed by atoms with van der Waals surface area (Å²) in [6.45, 7) is 2.27. The van der Waals surface area contributed by atoms with Gasteiger partial charge in [-0.25, -0.2) is 10.9 Å². The Labute approximate surface area is 122 Å². The number of hydrazine groups is 1. The highest BCUT2D eigenvalue weighted by Crippen LogP contribution is 2.07. The molecule has 0 bridgehead atoms. The maximum absolute atomic E-state index is 11.7. The number of thioether (sulfide) groups is 1. The first-order valence-electron chi connectivity index (χ1n) is 6.39. The van der Waals surface area contributed by atoms with Gasteiger partial charge in [-0.2, -0.15) is 0 Å². The van der Waals surface area contributed by atoms with Crippen LogP contribution in [0.1, 0.15) is 12.5 Å². The van der Waals surface area contributed by atoms with Crippen molar-refractivity contribution in [2.75, 3.05) is 5.75 Å². The zero-order valence-corrected chi connectivity index (χ0v) is 12.0. The van der Waals surface area contributed by atoms with Crippen LogP contribution in [0.4, 0.5) is 0 Å². The van der Waals surface area contributed by atoms with Gasteiger partial charge >= 0.3 is 0 Å². The average molecular weight is 294 g/mol. The minimum Gasteiger partial charge on any atom is -0.351 e. The number of hydrogen-bond acceptors (Lipinski definition) is 5. The number of nitrogens with one attached hydrogen (secondary N) is 4. The molecule has 6 nitrogen and oxygen atoms in total. The second kappa shape index (κ2) is 7.28. The number of hydrogen-bond donors (Lipinski definition) is 4. The van der Waals surface area contributed by atoms with Crippen molar-refractivity contribution in [3.05, 3.63) is 35.9 Å². The first kappa shape index (κ1) is 14.8. The zero-order chi connectivity index (χ0) is 14.4. The van der Waals surface area contributed by atoms with Crippen molar-refractivity contribution < 1.29 is 9.59 Å². The molecular formula is C13H18N4O2S. The Morgan fingerprint density at radius 3 is 2.75 bits per heavy atom. The standard InChI is InChI=1S/C13H18N4O2S/c1-9-12(19)15-13(17-16-9)20-8-11(18)14-7-10-5-3-2-4-6-10/h2-6,9,13,16-17H,7-8H2,1H3,(H,14,18)(H,15,19). The van der Waals surface area contributed by atoms with Crippen LogP contribution in [0.3, 0.4) is 0 Å². The summed E-state index contributed by atoms with van der Waals surface area (Å²) >= 11 is 1.33. The largest absolute Gasteiger partial charge is 0.351 e. The number of amides is 2. The first-order valence-corrected chi connectivity index (χ1v) is 7.43. The van der Waals surface area contributed by atoms with Gasteiger partial charge in [-0.1, -0.05) is 30.3 Å². The van der Waals surface area contributed by atoms with Crippen molar-refractivity contribution in [1.29, 1.82) is 0 Å². The molecule has 1 aromatic rings. The second-order valence-corrected chi connectivity index (χ2v) is 5.57. The van der Waals surface area contributed by atoms with Crippen LogP contribution in [0.25, 0.3) is 0 Å². The molecule has 0 aromatic heterocycles. The summed E-state index contributed by atoms with van der Waals surface area (Å²) in [4.78, 5) is 23.1. The summed E-state index contributed by atoms with van der Waals surface area (Å²) < 4.78 is 0. The smallest absolute Gasteiger partial charge is 0.240 e. The molecule has 1 saturated heterocycles. The molecule has 2 atom stereocenters. The fourth-order valence-electron chi connectivity index (χ4n) is 1.65. The molecule has 1 aliphatic rings. The number of benzene rings is 1. The van der Waals surface area contributed by atoms with Crippen LogP contribution in [-0.2, 0) is 16.1 Å². The van der Waals surface area contributed by atoms with Gasteiger partial charge in [-0.05, 0) is 12.5 Å². The molecule has 1 aliphatic heterocycles. The highest BCUT2D eigenvalue weighted by Gasteiger charge is 2.23. The fraction of sp³-hybridized carbons (Fsp3) is 0.385. The van der Waals surface area contributed by atoms with Crippen LogP contribution in [0, 0.1) is 0 Å². The Balaban J connectivity index is 1.66. The number of rotatable bonds is 5. The lowest BCUT2D eigenvalue weighted by Crippen LogP contribution is -2.63. The SMILES string of the molecule is CC1NNC(SCC(=O)NCc2ccccc2)NC1=O. The second-order valence-electron chi connectivity index (χ2n) is 4.47.